The van der Waals surface area contributed by atoms with Gasteiger partial charge < -0.3 is 16.4 Å². The van der Waals surface area contributed by atoms with Crippen molar-refractivity contribution in [2.45, 2.75) is 13.8 Å². The van der Waals surface area contributed by atoms with Crippen molar-refractivity contribution in [1.29, 1.82) is 0 Å². The first-order valence-electron chi connectivity index (χ1n) is 11.6. The second kappa shape index (κ2) is 8.30. The molecule has 2 heterocycles. The monoisotopic (exact) mass is 461 g/mol. The van der Waals surface area contributed by atoms with Crippen LogP contribution in [-0.4, -0.2) is 12.4 Å². The highest BCUT2D eigenvalue weighted by Gasteiger charge is 2.18. The SMILES string of the molecule is CC(C)=C/C(=C\N)c1ccc2ccc3c(C4=CNCC(C5=CNCS5)=C4)ccc4ccc1c2c43. The van der Waals surface area contributed by atoms with Crippen LogP contribution in [0.5, 0.6) is 0 Å². The molecule has 34 heavy (non-hydrogen) atoms. The van der Waals surface area contributed by atoms with Crippen LogP contribution in [0.1, 0.15) is 25.0 Å². The molecule has 0 aromatic heterocycles. The van der Waals surface area contributed by atoms with E-state index in [0.717, 1.165) is 18.0 Å². The van der Waals surface area contributed by atoms with Crippen molar-refractivity contribution in [3.63, 3.8) is 0 Å². The van der Waals surface area contributed by atoms with Gasteiger partial charge in [0.25, 0.3) is 0 Å². The summed E-state index contributed by atoms with van der Waals surface area (Å²) in [6.07, 6.45) is 10.5. The second-order valence-corrected chi connectivity index (χ2v) is 10.2. The van der Waals surface area contributed by atoms with E-state index in [0.29, 0.717) is 0 Å². The van der Waals surface area contributed by atoms with E-state index in [1.54, 1.807) is 6.20 Å². The topological polar surface area (TPSA) is 50.1 Å². The third-order valence-electron chi connectivity index (χ3n) is 6.65. The molecular formula is C30H27N3S. The highest BCUT2D eigenvalue weighted by Crippen LogP contribution is 2.41. The Hall–Kier alpha value is -3.63. The Balaban J connectivity index is 1.59. The molecular weight excluding hydrogens is 434 g/mol. The second-order valence-electron chi connectivity index (χ2n) is 9.14. The molecule has 2 aliphatic heterocycles. The summed E-state index contributed by atoms with van der Waals surface area (Å²) in [5.74, 6) is 0.943. The zero-order valence-electron chi connectivity index (χ0n) is 19.4. The molecule has 2 aliphatic rings. The number of dihydropyridines is 1. The van der Waals surface area contributed by atoms with E-state index in [9.17, 15) is 0 Å². The quantitative estimate of drug-likeness (QED) is 0.230. The van der Waals surface area contributed by atoms with Crippen LogP contribution in [0.2, 0.25) is 0 Å². The molecule has 0 amide bonds. The highest BCUT2D eigenvalue weighted by atomic mass is 32.2. The van der Waals surface area contributed by atoms with E-state index >= 15 is 0 Å². The molecule has 4 aromatic carbocycles. The Morgan fingerprint density at radius 2 is 1.62 bits per heavy atom. The maximum atomic E-state index is 6.07. The molecule has 0 fully saturated rings. The number of benzene rings is 4. The van der Waals surface area contributed by atoms with Gasteiger partial charge in [-0.05, 0) is 80.1 Å². The standard InChI is InChI=1S/C30H27N3S/c1-18(2)11-21(13-31)24-7-3-19-6-10-27-25(8-4-20-5-9-26(24)29(19)30(20)27)22-12-23(15-32-14-22)28-16-33-17-34-28/h3-14,16,32-33H,15,17,31H2,1-2H3/b21-13+. The van der Waals surface area contributed by atoms with Crippen LogP contribution >= 0.6 is 11.8 Å². The Morgan fingerprint density at radius 3 is 2.35 bits per heavy atom. The number of nitrogens with two attached hydrogens (primary N) is 1. The van der Waals surface area contributed by atoms with Gasteiger partial charge in [0, 0.05) is 30.0 Å². The zero-order chi connectivity index (χ0) is 23.2. The molecule has 3 nitrogen and oxygen atoms in total. The molecule has 0 unspecified atom stereocenters. The summed E-state index contributed by atoms with van der Waals surface area (Å²) >= 11 is 1.86. The number of rotatable bonds is 4. The summed E-state index contributed by atoms with van der Waals surface area (Å²) in [5.41, 5.74) is 13.3. The summed E-state index contributed by atoms with van der Waals surface area (Å²) in [6, 6.07) is 18.0. The molecule has 168 valence electrons. The van der Waals surface area contributed by atoms with Gasteiger partial charge in [-0.15, -0.1) is 11.8 Å². The summed E-state index contributed by atoms with van der Waals surface area (Å²) in [4.78, 5) is 1.32. The molecule has 4 aromatic rings. The summed E-state index contributed by atoms with van der Waals surface area (Å²) < 4.78 is 0. The van der Waals surface area contributed by atoms with Crippen LogP contribution < -0.4 is 16.4 Å². The average molecular weight is 462 g/mol. The van der Waals surface area contributed by atoms with Gasteiger partial charge in [-0.25, -0.2) is 0 Å². The average Bonchev–Trinajstić information content (AvgIpc) is 3.41. The van der Waals surface area contributed by atoms with Crippen molar-refractivity contribution >= 4 is 55.2 Å². The van der Waals surface area contributed by atoms with Crippen LogP contribution in [0.15, 0.2) is 95.3 Å². The molecule has 0 atom stereocenters. The molecule has 0 saturated heterocycles. The van der Waals surface area contributed by atoms with Crippen molar-refractivity contribution in [3.05, 3.63) is 106 Å². The van der Waals surface area contributed by atoms with Crippen LogP contribution in [0.3, 0.4) is 0 Å². The molecule has 0 aliphatic carbocycles. The molecule has 6 rings (SSSR count). The Kier molecular flexibility index (Phi) is 5.11. The summed E-state index contributed by atoms with van der Waals surface area (Å²) in [7, 11) is 0. The van der Waals surface area contributed by atoms with Crippen molar-refractivity contribution in [3.8, 4) is 0 Å². The summed E-state index contributed by atoms with van der Waals surface area (Å²) in [6.45, 7) is 5.07. The number of nitrogens with one attached hydrogen (secondary N) is 2. The van der Waals surface area contributed by atoms with Gasteiger partial charge in [0.05, 0.1) is 5.88 Å². The Bertz CT molecular complexity index is 1600. The Morgan fingerprint density at radius 1 is 0.882 bits per heavy atom. The highest BCUT2D eigenvalue weighted by molar-refractivity contribution is 8.03. The van der Waals surface area contributed by atoms with Crippen LogP contribution in [0, 0.1) is 0 Å². The predicted molar refractivity (Wildman–Crippen MR) is 149 cm³/mol. The van der Waals surface area contributed by atoms with E-state index in [4.69, 9.17) is 5.73 Å². The fourth-order valence-corrected chi connectivity index (χ4v) is 5.98. The minimum absolute atomic E-state index is 0.859. The van der Waals surface area contributed by atoms with Crippen molar-refractivity contribution in [2.75, 3.05) is 12.4 Å². The van der Waals surface area contributed by atoms with Gasteiger partial charge in [0.1, 0.15) is 0 Å². The zero-order valence-corrected chi connectivity index (χ0v) is 20.2. The lowest BCUT2D eigenvalue weighted by Gasteiger charge is -2.20. The molecule has 0 spiro atoms. The lowest BCUT2D eigenvalue weighted by molar-refractivity contribution is 0.940. The predicted octanol–water partition coefficient (Wildman–Crippen LogP) is 6.86. The Labute approximate surface area is 204 Å². The third kappa shape index (κ3) is 3.37. The maximum Gasteiger partial charge on any atom is 0.0652 e. The van der Waals surface area contributed by atoms with Crippen LogP contribution in [0.4, 0.5) is 0 Å². The molecule has 0 bridgehead atoms. The van der Waals surface area contributed by atoms with E-state index in [-0.39, 0.29) is 0 Å². The van der Waals surface area contributed by atoms with Crippen molar-refractivity contribution in [2.24, 2.45) is 5.73 Å². The van der Waals surface area contributed by atoms with Crippen LogP contribution in [0.25, 0.3) is 43.5 Å². The van der Waals surface area contributed by atoms with Crippen molar-refractivity contribution in [1.82, 2.24) is 10.6 Å². The number of thioether (sulfide) groups is 1. The maximum absolute atomic E-state index is 6.07. The lowest BCUT2D eigenvalue weighted by Crippen LogP contribution is -2.15. The molecule has 4 N–H and O–H groups in total. The molecule has 0 saturated carbocycles. The van der Waals surface area contributed by atoms with Gasteiger partial charge in [-0.3, -0.25) is 0 Å². The first-order chi connectivity index (χ1) is 16.6. The van der Waals surface area contributed by atoms with Crippen LogP contribution in [-0.2, 0) is 0 Å². The fraction of sp³-hybridized carbons (Fsp3) is 0.133. The minimum Gasteiger partial charge on any atom is -0.404 e. The van der Waals surface area contributed by atoms with Gasteiger partial charge in [-0.2, -0.15) is 0 Å². The van der Waals surface area contributed by atoms with E-state index < -0.39 is 0 Å². The lowest BCUT2D eigenvalue weighted by atomic mass is 9.86. The van der Waals surface area contributed by atoms with E-state index in [1.807, 2.05) is 11.8 Å². The van der Waals surface area contributed by atoms with Gasteiger partial charge in [-0.1, -0.05) is 60.2 Å². The first-order valence-corrected chi connectivity index (χ1v) is 12.6. The van der Waals surface area contributed by atoms with Gasteiger partial charge >= 0.3 is 0 Å². The smallest absolute Gasteiger partial charge is 0.0652 e. The third-order valence-corrected chi connectivity index (χ3v) is 7.65. The van der Waals surface area contributed by atoms with Gasteiger partial charge in [0.2, 0.25) is 0 Å². The molecule has 0 radical (unpaired) electrons. The van der Waals surface area contributed by atoms with E-state index in [1.165, 1.54) is 65.1 Å². The van der Waals surface area contributed by atoms with Crippen molar-refractivity contribution < 1.29 is 0 Å². The number of hydrogen-bond acceptors (Lipinski definition) is 4. The number of hydrogen-bond donors (Lipinski definition) is 3. The summed E-state index contributed by atoms with van der Waals surface area (Å²) in [5, 5.41) is 14.5. The first kappa shape index (κ1) is 20.9. The largest absolute Gasteiger partial charge is 0.404 e. The fourth-order valence-electron chi connectivity index (χ4n) is 5.18. The van der Waals surface area contributed by atoms with Gasteiger partial charge in [0.15, 0.2) is 0 Å². The molecule has 4 heteroatoms. The van der Waals surface area contributed by atoms with E-state index in [2.05, 4.69) is 97.6 Å². The normalized spacial score (nSPS) is 16.3. The number of allylic oxidation sites excluding steroid dienone is 5. The minimum atomic E-state index is 0.859.